The second kappa shape index (κ2) is 5.52. The first kappa shape index (κ1) is 12.4. The summed E-state index contributed by atoms with van der Waals surface area (Å²) in [6.07, 6.45) is 3.06. The molecular weight excluding hydrogens is 214 g/mol. The summed E-state index contributed by atoms with van der Waals surface area (Å²) in [5.41, 5.74) is 7.22. The summed E-state index contributed by atoms with van der Waals surface area (Å²) in [6.45, 7) is 2.34. The average molecular weight is 235 g/mol. The molecule has 0 aliphatic carbocycles. The van der Waals surface area contributed by atoms with Crippen LogP contribution in [0, 0.1) is 0 Å². The van der Waals surface area contributed by atoms with Gasteiger partial charge >= 0.3 is 0 Å². The highest BCUT2D eigenvalue weighted by Crippen LogP contribution is 2.41. The molecule has 0 aromatic heterocycles. The van der Waals surface area contributed by atoms with Gasteiger partial charge in [-0.2, -0.15) is 0 Å². The summed E-state index contributed by atoms with van der Waals surface area (Å²) in [4.78, 5) is 0. The van der Waals surface area contributed by atoms with Crippen molar-refractivity contribution < 1.29 is 9.47 Å². The van der Waals surface area contributed by atoms with Crippen LogP contribution < -0.4 is 10.5 Å². The third-order valence-electron chi connectivity index (χ3n) is 3.75. The molecule has 17 heavy (non-hydrogen) atoms. The summed E-state index contributed by atoms with van der Waals surface area (Å²) in [5, 5.41) is 0. The molecule has 1 saturated heterocycles. The van der Waals surface area contributed by atoms with Gasteiger partial charge in [-0.1, -0.05) is 18.2 Å². The van der Waals surface area contributed by atoms with Gasteiger partial charge in [0.25, 0.3) is 0 Å². The number of benzene rings is 1. The van der Waals surface area contributed by atoms with Gasteiger partial charge in [-0.25, -0.2) is 0 Å². The van der Waals surface area contributed by atoms with E-state index in [1.54, 1.807) is 7.11 Å². The van der Waals surface area contributed by atoms with E-state index in [4.69, 9.17) is 15.2 Å². The number of hydrogen-bond acceptors (Lipinski definition) is 3. The van der Waals surface area contributed by atoms with Gasteiger partial charge in [-0.15, -0.1) is 0 Å². The fourth-order valence-electron chi connectivity index (χ4n) is 2.78. The predicted octanol–water partition coefficient (Wildman–Crippen LogP) is 2.09. The minimum Gasteiger partial charge on any atom is -0.496 e. The molecule has 1 aliphatic rings. The molecule has 3 heteroatoms. The Balaban J connectivity index is 2.37. The van der Waals surface area contributed by atoms with Gasteiger partial charge in [-0.05, 0) is 31.9 Å². The van der Waals surface area contributed by atoms with Crippen LogP contribution in [-0.4, -0.2) is 26.9 Å². The third kappa shape index (κ3) is 2.45. The molecule has 0 unspecified atom stereocenters. The summed E-state index contributed by atoms with van der Waals surface area (Å²) < 4.78 is 11.0. The van der Waals surface area contributed by atoms with E-state index in [0.29, 0.717) is 6.54 Å². The SMILES string of the molecule is COc1ccccc1C1(CCN)CCOCC1. The molecule has 1 aromatic rings. The standard InChI is InChI=1S/C14H21NO2/c1-16-13-5-3-2-4-12(13)14(6-9-15)7-10-17-11-8-14/h2-5H,6-11,15H2,1H3. The molecule has 2 N–H and O–H groups in total. The maximum atomic E-state index is 5.79. The molecule has 1 fully saturated rings. The van der Waals surface area contributed by atoms with E-state index in [0.717, 1.165) is 38.2 Å². The quantitative estimate of drug-likeness (QED) is 0.869. The van der Waals surface area contributed by atoms with Gasteiger partial charge in [0.1, 0.15) is 5.75 Å². The van der Waals surface area contributed by atoms with Crippen molar-refractivity contribution >= 4 is 0 Å². The fourth-order valence-corrected chi connectivity index (χ4v) is 2.78. The Morgan fingerprint density at radius 2 is 2.00 bits per heavy atom. The molecule has 0 bridgehead atoms. The Morgan fingerprint density at radius 1 is 1.29 bits per heavy atom. The molecule has 0 spiro atoms. The molecule has 0 atom stereocenters. The van der Waals surface area contributed by atoms with E-state index in [9.17, 15) is 0 Å². The van der Waals surface area contributed by atoms with Crippen molar-refractivity contribution in [2.75, 3.05) is 26.9 Å². The van der Waals surface area contributed by atoms with Gasteiger partial charge in [0.2, 0.25) is 0 Å². The van der Waals surface area contributed by atoms with Crippen LogP contribution >= 0.6 is 0 Å². The van der Waals surface area contributed by atoms with Crippen molar-refractivity contribution in [2.45, 2.75) is 24.7 Å². The average Bonchev–Trinajstić information content (AvgIpc) is 2.40. The summed E-state index contributed by atoms with van der Waals surface area (Å²) in [5.74, 6) is 0.975. The fraction of sp³-hybridized carbons (Fsp3) is 0.571. The Morgan fingerprint density at radius 3 is 2.65 bits per heavy atom. The minimum atomic E-state index is 0.138. The maximum absolute atomic E-state index is 5.79. The van der Waals surface area contributed by atoms with Crippen LogP contribution in [0.3, 0.4) is 0 Å². The van der Waals surface area contributed by atoms with Gasteiger partial charge in [-0.3, -0.25) is 0 Å². The van der Waals surface area contributed by atoms with Gasteiger partial charge in [0.05, 0.1) is 7.11 Å². The molecule has 0 amide bonds. The van der Waals surface area contributed by atoms with Gasteiger partial charge in [0, 0.05) is 24.2 Å². The van der Waals surface area contributed by atoms with Crippen molar-refractivity contribution in [1.82, 2.24) is 0 Å². The lowest BCUT2D eigenvalue weighted by Gasteiger charge is -2.38. The van der Waals surface area contributed by atoms with Crippen LogP contribution in [0.5, 0.6) is 5.75 Å². The van der Waals surface area contributed by atoms with Crippen LogP contribution in [0.1, 0.15) is 24.8 Å². The van der Waals surface area contributed by atoms with E-state index in [1.165, 1.54) is 5.56 Å². The highest BCUT2D eigenvalue weighted by Gasteiger charge is 2.35. The molecule has 2 rings (SSSR count). The molecule has 0 radical (unpaired) electrons. The van der Waals surface area contributed by atoms with Crippen LogP contribution in [-0.2, 0) is 10.2 Å². The molecular formula is C14H21NO2. The van der Waals surface area contributed by atoms with E-state index in [-0.39, 0.29) is 5.41 Å². The summed E-state index contributed by atoms with van der Waals surface area (Å²) in [7, 11) is 1.73. The molecule has 3 nitrogen and oxygen atoms in total. The second-order valence-electron chi connectivity index (χ2n) is 4.63. The molecule has 1 aliphatic heterocycles. The Bertz CT molecular complexity index is 353. The van der Waals surface area contributed by atoms with Gasteiger partial charge in [0.15, 0.2) is 0 Å². The highest BCUT2D eigenvalue weighted by molar-refractivity contribution is 5.40. The zero-order chi connectivity index (χ0) is 12.1. The zero-order valence-electron chi connectivity index (χ0n) is 10.4. The first-order chi connectivity index (χ1) is 8.32. The smallest absolute Gasteiger partial charge is 0.122 e. The first-order valence-corrected chi connectivity index (χ1v) is 6.24. The molecule has 94 valence electrons. The van der Waals surface area contributed by atoms with E-state index < -0.39 is 0 Å². The zero-order valence-corrected chi connectivity index (χ0v) is 10.4. The lowest BCUT2D eigenvalue weighted by molar-refractivity contribution is 0.0468. The highest BCUT2D eigenvalue weighted by atomic mass is 16.5. The maximum Gasteiger partial charge on any atom is 0.122 e. The largest absolute Gasteiger partial charge is 0.496 e. The van der Waals surface area contributed by atoms with Crippen molar-refractivity contribution in [3.05, 3.63) is 29.8 Å². The van der Waals surface area contributed by atoms with E-state index in [2.05, 4.69) is 12.1 Å². The van der Waals surface area contributed by atoms with Crippen molar-refractivity contribution in [2.24, 2.45) is 5.73 Å². The van der Waals surface area contributed by atoms with E-state index in [1.807, 2.05) is 12.1 Å². The van der Waals surface area contributed by atoms with Crippen LogP contribution in [0.25, 0.3) is 0 Å². The van der Waals surface area contributed by atoms with Crippen LogP contribution in [0.15, 0.2) is 24.3 Å². The van der Waals surface area contributed by atoms with Crippen molar-refractivity contribution in [1.29, 1.82) is 0 Å². The Hall–Kier alpha value is -1.06. The van der Waals surface area contributed by atoms with E-state index >= 15 is 0 Å². The normalized spacial score (nSPS) is 18.9. The lowest BCUT2D eigenvalue weighted by atomic mass is 9.71. The van der Waals surface area contributed by atoms with Crippen molar-refractivity contribution in [3.63, 3.8) is 0 Å². The topological polar surface area (TPSA) is 44.5 Å². The first-order valence-electron chi connectivity index (χ1n) is 6.24. The monoisotopic (exact) mass is 235 g/mol. The summed E-state index contributed by atoms with van der Waals surface area (Å²) in [6, 6.07) is 8.28. The summed E-state index contributed by atoms with van der Waals surface area (Å²) >= 11 is 0. The number of para-hydroxylation sites is 1. The molecule has 0 saturated carbocycles. The molecule has 1 heterocycles. The second-order valence-corrected chi connectivity index (χ2v) is 4.63. The van der Waals surface area contributed by atoms with Crippen LogP contribution in [0.2, 0.25) is 0 Å². The van der Waals surface area contributed by atoms with Crippen molar-refractivity contribution in [3.8, 4) is 5.75 Å². The minimum absolute atomic E-state index is 0.138. The lowest BCUT2D eigenvalue weighted by Crippen LogP contribution is -2.36. The number of ether oxygens (including phenoxy) is 2. The number of rotatable bonds is 4. The predicted molar refractivity (Wildman–Crippen MR) is 68.4 cm³/mol. The number of hydrogen-bond donors (Lipinski definition) is 1. The Kier molecular flexibility index (Phi) is 4.02. The van der Waals surface area contributed by atoms with Gasteiger partial charge < -0.3 is 15.2 Å². The number of nitrogens with two attached hydrogens (primary N) is 1. The number of methoxy groups -OCH3 is 1. The van der Waals surface area contributed by atoms with Crippen LogP contribution in [0.4, 0.5) is 0 Å². The third-order valence-corrected chi connectivity index (χ3v) is 3.75. The Labute approximate surface area is 103 Å². The molecule has 1 aromatic carbocycles.